The predicted octanol–water partition coefficient (Wildman–Crippen LogP) is 3.83. The van der Waals surface area contributed by atoms with Crippen LogP contribution < -0.4 is 10.6 Å². The molecule has 6 heteroatoms. The van der Waals surface area contributed by atoms with Gasteiger partial charge in [0.1, 0.15) is 5.82 Å². The van der Waals surface area contributed by atoms with Crippen LogP contribution in [0.3, 0.4) is 0 Å². The van der Waals surface area contributed by atoms with E-state index in [-0.39, 0.29) is 18.2 Å². The lowest BCUT2D eigenvalue weighted by Gasteiger charge is -2.24. The summed E-state index contributed by atoms with van der Waals surface area (Å²) in [6, 6.07) is 13.4. The van der Waals surface area contributed by atoms with Crippen molar-refractivity contribution in [3.05, 3.63) is 53.9 Å². The van der Waals surface area contributed by atoms with Crippen molar-refractivity contribution in [1.82, 2.24) is 9.55 Å². The minimum absolute atomic E-state index is 0.132. The van der Waals surface area contributed by atoms with Gasteiger partial charge in [-0.1, -0.05) is 24.6 Å². The van der Waals surface area contributed by atoms with Gasteiger partial charge in [-0.05, 0) is 42.7 Å². The molecule has 0 spiro atoms. The number of para-hydroxylation sites is 1. The molecule has 1 aromatic heterocycles. The molecule has 0 saturated carbocycles. The highest BCUT2D eigenvalue weighted by Crippen LogP contribution is 2.33. The first-order valence-electron chi connectivity index (χ1n) is 9.88. The number of benzene rings is 2. The minimum Gasteiger partial charge on any atom is -0.328 e. The summed E-state index contributed by atoms with van der Waals surface area (Å²) in [7, 11) is 0. The number of carbonyl (C=O) groups is 2. The number of hydrogen-bond donors (Lipinski definition) is 2. The van der Waals surface area contributed by atoms with Crippen molar-refractivity contribution in [3.8, 4) is 0 Å². The number of rotatable bonds is 2. The van der Waals surface area contributed by atoms with Crippen LogP contribution in [0.5, 0.6) is 0 Å². The number of amides is 2. The molecule has 0 bridgehead atoms. The minimum atomic E-state index is -0.487. The zero-order chi connectivity index (χ0) is 19.1. The van der Waals surface area contributed by atoms with Gasteiger partial charge in [0.15, 0.2) is 0 Å². The van der Waals surface area contributed by atoms with E-state index in [4.69, 9.17) is 4.98 Å². The van der Waals surface area contributed by atoms with Crippen molar-refractivity contribution in [2.24, 2.45) is 0 Å². The molecule has 0 radical (unpaired) electrons. The molecule has 3 aromatic rings. The van der Waals surface area contributed by atoms with E-state index in [0.29, 0.717) is 11.4 Å². The van der Waals surface area contributed by atoms with E-state index in [1.165, 1.54) is 19.3 Å². The Labute approximate surface area is 163 Å². The average Bonchev–Trinajstić information content (AvgIpc) is 2.87. The van der Waals surface area contributed by atoms with E-state index in [0.717, 1.165) is 35.4 Å². The molecule has 2 N–H and O–H groups in total. The van der Waals surface area contributed by atoms with Crippen LogP contribution in [0.2, 0.25) is 0 Å². The molecule has 28 heavy (non-hydrogen) atoms. The summed E-state index contributed by atoms with van der Waals surface area (Å²) in [6.45, 7) is 1.01. The monoisotopic (exact) mass is 374 g/mol. The molecule has 1 atom stereocenters. The summed E-state index contributed by atoms with van der Waals surface area (Å²) >= 11 is 0. The van der Waals surface area contributed by atoms with Crippen molar-refractivity contribution in [2.45, 2.75) is 44.6 Å². The molecule has 0 fully saturated rings. The summed E-state index contributed by atoms with van der Waals surface area (Å²) in [5.41, 5.74) is 4.32. The van der Waals surface area contributed by atoms with Crippen molar-refractivity contribution >= 4 is 34.2 Å². The van der Waals surface area contributed by atoms with Crippen LogP contribution in [-0.2, 0) is 22.6 Å². The number of nitrogens with one attached hydrogen (secondary N) is 2. The molecule has 0 aliphatic carbocycles. The Balaban J connectivity index is 1.42. The standard InChI is InChI=1S/C22H22N4O2/c27-21-13-16(15-6-3-4-7-17(15)25-21)22(28)23-14-9-10-19-18(12-14)24-20-8-2-1-5-11-26(19)20/h3-4,6-7,9-10,12,16H,1-2,5,8,11,13H2,(H,23,28)(H,25,27)/t16-/m1/s1. The summed E-state index contributed by atoms with van der Waals surface area (Å²) in [6.07, 6.45) is 4.76. The maximum atomic E-state index is 12.9. The molecule has 2 aliphatic heterocycles. The number of carbonyl (C=O) groups excluding carboxylic acids is 2. The molecule has 2 aromatic carbocycles. The van der Waals surface area contributed by atoms with Gasteiger partial charge in [-0.2, -0.15) is 0 Å². The molecule has 0 unspecified atom stereocenters. The fraction of sp³-hybridized carbons (Fsp3) is 0.318. The molecule has 2 amide bonds. The van der Waals surface area contributed by atoms with Crippen molar-refractivity contribution < 1.29 is 9.59 Å². The number of nitrogens with zero attached hydrogens (tertiary/aromatic N) is 2. The first kappa shape index (κ1) is 17.0. The highest BCUT2D eigenvalue weighted by molar-refractivity contribution is 6.05. The molecule has 2 aliphatic rings. The summed E-state index contributed by atoms with van der Waals surface area (Å²) in [4.78, 5) is 29.7. The van der Waals surface area contributed by atoms with Crippen LogP contribution in [0.1, 0.15) is 43.0 Å². The Morgan fingerprint density at radius 3 is 2.96 bits per heavy atom. The first-order chi connectivity index (χ1) is 13.7. The molecule has 6 nitrogen and oxygen atoms in total. The highest BCUT2D eigenvalue weighted by Gasteiger charge is 2.30. The van der Waals surface area contributed by atoms with Gasteiger partial charge in [0.25, 0.3) is 0 Å². The SMILES string of the molecule is O=C1C[C@@H](C(=O)Nc2ccc3c(c2)nc2n3CCCCC2)c2ccccc2N1. The fourth-order valence-corrected chi connectivity index (χ4v) is 4.30. The molecule has 3 heterocycles. The highest BCUT2D eigenvalue weighted by atomic mass is 16.2. The molecular weight excluding hydrogens is 352 g/mol. The predicted molar refractivity (Wildman–Crippen MR) is 108 cm³/mol. The zero-order valence-electron chi connectivity index (χ0n) is 15.6. The molecule has 0 saturated heterocycles. The van der Waals surface area contributed by atoms with Gasteiger partial charge >= 0.3 is 0 Å². The van der Waals surface area contributed by atoms with Gasteiger partial charge in [0, 0.05) is 30.8 Å². The van der Waals surface area contributed by atoms with E-state index >= 15 is 0 Å². The van der Waals surface area contributed by atoms with Gasteiger partial charge in [-0.15, -0.1) is 0 Å². The lowest BCUT2D eigenvalue weighted by Crippen LogP contribution is -2.30. The Morgan fingerprint density at radius 2 is 2.04 bits per heavy atom. The van der Waals surface area contributed by atoms with E-state index in [9.17, 15) is 9.59 Å². The number of anilines is 2. The number of aryl methyl sites for hydroxylation is 2. The molecule has 5 rings (SSSR count). The van der Waals surface area contributed by atoms with Gasteiger partial charge in [0.2, 0.25) is 11.8 Å². The number of imidazole rings is 1. The van der Waals surface area contributed by atoms with Gasteiger partial charge in [-0.25, -0.2) is 4.98 Å². The van der Waals surface area contributed by atoms with Crippen LogP contribution in [0.15, 0.2) is 42.5 Å². The van der Waals surface area contributed by atoms with Crippen LogP contribution >= 0.6 is 0 Å². The Kier molecular flexibility index (Phi) is 4.11. The van der Waals surface area contributed by atoms with Crippen LogP contribution in [0, 0.1) is 0 Å². The zero-order valence-corrected chi connectivity index (χ0v) is 15.6. The van der Waals surface area contributed by atoms with E-state index in [1.807, 2.05) is 42.5 Å². The topological polar surface area (TPSA) is 76.0 Å². The average molecular weight is 374 g/mol. The first-order valence-corrected chi connectivity index (χ1v) is 9.88. The second kappa shape index (κ2) is 6.78. The van der Waals surface area contributed by atoms with Crippen LogP contribution in [0.25, 0.3) is 11.0 Å². The number of hydrogen-bond acceptors (Lipinski definition) is 3. The number of aromatic nitrogens is 2. The normalized spacial score (nSPS) is 18.7. The van der Waals surface area contributed by atoms with Crippen LogP contribution in [0.4, 0.5) is 11.4 Å². The Bertz CT molecular complexity index is 1090. The van der Waals surface area contributed by atoms with E-state index in [2.05, 4.69) is 15.2 Å². The lowest BCUT2D eigenvalue weighted by molar-refractivity contribution is -0.123. The smallest absolute Gasteiger partial charge is 0.232 e. The quantitative estimate of drug-likeness (QED) is 0.716. The fourth-order valence-electron chi connectivity index (χ4n) is 4.30. The largest absolute Gasteiger partial charge is 0.328 e. The van der Waals surface area contributed by atoms with Crippen molar-refractivity contribution in [2.75, 3.05) is 10.6 Å². The third kappa shape index (κ3) is 2.95. The van der Waals surface area contributed by atoms with Crippen molar-refractivity contribution in [1.29, 1.82) is 0 Å². The molecule has 142 valence electrons. The summed E-state index contributed by atoms with van der Waals surface area (Å²) in [5.74, 6) is 0.350. The molecular formula is C22H22N4O2. The Morgan fingerprint density at radius 1 is 1.14 bits per heavy atom. The van der Waals surface area contributed by atoms with Gasteiger partial charge in [0.05, 0.1) is 17.0 Å². The third-order valence-corrected chi connectivity index (χ3v) is 5.69. The second-order valence-electron chi connectivity index (χ2n) is 7.58. The number of fused-ring (bicyclic) bond motifs is 4. The van der Waals surface area contributed by atoms with Gasteiger partial charge in [-0.3, -0.25) is 9.59 Å². The van der Waals surface area contributed by atoms with Crippen LogP contribution in [-0.4, -0.2) is 21.4 Å². The summed E-state index contributed by atoms with van der Waals surface area (Å²) in [5, 5.41) is 5.82. The van der Waals surface area contributed by atoms with E-state index in [1.54, 1.807) is 0 Å². The maximum Gasteiger partial charge on any atom is 0.232 e. The lowest BCUT2D eigenvalue weighted by atomic mass is 9.90. The third-order valence-electron chi connectivity index (χ3n) is 5.69. The Hall–Kier alpha value is -3.15. The van der Waals surface area contributed by atoms with Gasteiger partial charge < -0.3 is 15.2 Å². The van der Waals surface area contributed by atoms with Crippen molar-refractivity contribution in [3.63, 3.8) is 0 Å². The maximum absolute atomic E-state index is 12.9. The second-order valence-corrected chi connectivity index (χ2v) is 7.58. The summed E-state index contributed by atoms with van der Waals surface area (Å²) < 4.78 is 2.30. The van der Waals surface area contributed by atoms with E-state index < -0.39 is 5.92 Å².